The van der Waals surface area contributed by atoms with Gasteiger partial charge < -0.3 is 32.2 Å². The van der Waals surface area contributed by atoms with Crippen molar-refractivity contribution in [2.24, 2.45) is 5.41 Å². The van der Waals surface area contributed by atoms with Crippen molar-refractivity contribution < 1.29 is 41.8 Å². The van der Waals surface area contributed by atoms with Crippen LogP contribution in [0.2, 0.25) is 54.4 Å². The van der Waals surface area contributed by atoms with Crippen LogP contribution in [0.4, 0.5) is 0 Å². The van der Waals surface area contributed by atoms with Crippen LogP contribution in [0.5, 0.6) is 11.5 Å². The number of Topliss-reactive ketones (excluding diaryl/α,β-unsaturated/α-hetero) is 1. The van der Waals surface area contributed by atoms with Crippen molar-refractivity contribution in [3.8, 4) is 11.5 Å². The minimum atomic E-state index is -2.44. The van der Waals surface area contributed by atoms with E-state index >= 15 is 0 Å². The van der Waals surface area contributed by atoms with E-state index in [0.29, 0.717) is 28.7 Å². The molecule has 1 aromatic rings. The highest BCUT2D eigenvalue weighted by atomic mass is 32.2. The minimum Gasteiger partial charge on any atom is -0.496 e. The van der Waals surface area contributed by atoms with Gasteiger partial charge in [-0.2, -0.15) is 0 Å². The number of carbonyl (C=O) groups excluding carboxylic acids is 2. The molecule has 1 fully saturated rings. The average Bonchev–Trinajstić information content (AvgIpc) is 3.36. The van der Waals surface area contributed by atoms with E-state index in [2.05, 4.69) is 109 Å². The molecule has 0 radical (unpaired) electrons. The highest BCUT2D eigenvalue weighted by Crippen LogP contribution is 2.47. The average molecular weight is 887 g/mol. The van der Waals surface area contributed by atoms with E-state index in [1.807, 2.05) is 6.92 Å². The van der Waals surface area contributed by atoms with E-state index in [4.69, 9.17) is 44.4 Å². The van der Waals surface area contributed by atoms with Gasteiger partial charge in [0, 0.05) is 11.7 Å². The molecule has 0 aliphatic carbocycles. The Hall–Kier alpha value is -1.11. The summed E-state index contributed by atoms with van der Waals surface area (Å²) in [5.41, 5.74) is -0.377. The van der Waals surface area contributed by atoms with E-state index in [1.165, 1.54) is 18.9 Å². The van der Waals surface area contributed by atoms with Crippen LogP contribution in [0.15, 0.2) is 18.2 Å². The fourth-order valence-electron chi connectivity index (χ4n) is 5.60. The lowest BCUT2D eigenvalue weighted by atomic mass is 9.97. The minimum absolute atomic E-state index is 0.0159. The lowest BCUT2D eigenvalue weighted by molar-refractivity contribution is -0.143. The molecular formula is C43H78O9S2Si3. The van der Waals surface area contributed by atoms with Gasteiger partial charge in [-0.05, 0) is 126 Å². The fourth-order valence-corrected chi connectivity index (χ4v) is 11.1. The fraction of sp³-hybridized carbons (Fsp3) is 0.791. The first-order valence-corrected chi connectivity index (χ1v) is 30.6. The summed E-state index contributed by atoms with van der Waals surface area (Å²) >= 11 is 7.20. The Bertz CT molecular complexity index is 1540. The maximum absolute atomic E-state index is 14.2. The van der Waals surface area contributed by atoms with Crippen LogP contribution in [0.3, 0.4) is 0 Å². The number of ketones is 1. The van der Waals surface area contributed by atoms with Gasteiger partial charge in [0.25, 0.3) is 0 Å². The second kappa shape index (κ2) is 19.3. The molecule has 1 unspecified atom stereocenters. The van der Waals surface area contributed by atoms with Gasteiger partial charge >= 0.3 is 5.97 Å². The zero-order chi connectivity index (χ0) is 44.3. The molecule has 0 spiro atoms. The van der Waals surface area contributed by atoms with Gasteiger partial charge in [-0.15, -0.1) is 0 Å². The molecule has 0 aromatic heterocycles. The Morgan fingerprint density at radius 2 is 1.30 bits per heavy atom. The zero-order valence-electron chi connectivity index (χ0n) is 39.3. The maximum Gasteiger partial charge on any atom is 0.316 e. The lowest BCUT2D eigenvalue weighted by Gasteiger charge is -2.45. The summed E-state index contributed by atoms with van der Waals surface area (Å²) in [4.78, 5) is 27.0. The van der Waals surface area contributed by atoms with E-state index < -0.39 is 60.8 Å². The van der Waals surface area contributed by atoms with Crippen molar-refractivity contribution >= 4 is 65.1 Å². The van der Waals surface area contributed by atoms with Crippen molar-refractivity contribution in [1.82, 2.24) is 0 Å². The number of thiocarbonyl (C=S) groups is 1. The highest BCUT2D eigenvalue weighted by Gasteiger charge is 2.57. The van der Waals surface area contributed by atoms with Gasteiger partial charge in [-0.25, -0.2) is 0 Å². The first-order valence-electron chi connectivity index (χ1n) is 20.6. The van der Waals surface area contributed by atoms with Gasteiger partial charge in [0.2, 0.25) is 4.38 Å². The molecule has 14 heteroatoms. The summed E-state index contributed by atoms with van der Waals surface area (Å²) < 4.78 is 46.9. The van der Waals surface area contributed by atoms with Gasteiger partial charge in [0.05, 0.1) is 43.0 Å². The summed E-state index contributed by atoms with van der Waals surface area (Å²) in [6, 6.07) is 4.89. The predicted octanol–water partition coefficient (Wildman–Crippen LogP) is 12.0. The number of hydrogen-bond acceptors (Lipinski definition) is 11. The summed E-state index contributed by atoms with van der Waals surface area (Å²) in [6.45, 7) is 43.6. The van der Waals surface area contributed by atoms with Gasteiger partial charge in [0.15, 0.2) is 30.7 Å². The first-order chi connectivity index (χ1) is 25.6. The van der Waals surface area contributed by atoms with Gasteiger partial charge in [-0.1, -0.05) is 74.1 Å². The standard InChI is InChI=1S/C43H78O9S2Si3/c1-22-47-39(53)54-33(26-24-31(44)30-27-29(23-25-32(30)46-15)48-38(45)40(3,4)5)35-37(52-57(20,21)43(12,13)14)36(51-56(18,19)42(9,10)11)34(49-35)28(2)50-55(16,17)41(6,7)8/h23,25,27-28,33-37H,22,24,26H2,1-21H3/t28-,33?,34+,35-,36+,37+/m1/s1. The lowest BCUT2D eigenvalue weighted by Crippen LogP contribution is -2.56. The molecule has 1 aromatic carbocycles. The Labute approximate surface area is 359 Å². The topological polar surface area (TPSA) is 98.8 Å². The first kappa shape index (κ1) is 52.0. The largest absolute Gasteiger partial charge is 0.496 e. The number of carbonyl (C=O) groups is 2. The maximum atomic E-state index is 14.2. The Morgan fingerprint density at radius 1 is 0.807 bits per heavy atom. The number of benzene rings is 1. The monoisotopic (exact) mass is 886 g/mol. The number of rotatable bonds is 16. The van der Waals surface area contributed by atoms with Crippen molar-refractivity contribution in [3.05, 3.63) is 23.8 Å². The SMILES string of the molecule is CCOC(=S)SC(CCC(=O)c1cc(OC(=O)C(C)(C)C)ccc1OC)[C@H]1O[C@@H]([C@@H](C)O[Si](C)(C)C(C)(C)C)[C@H](O[Si](C)(C)C(C)(C)C)[C@H]1O[Si](C)(C)C(C)(C)C. The van der Waals surface area contributed by atoms with Crippen LogP contribution in [-0.2, 0) is 27.5 Å². The number of methoxy groups -OCH3 is 1. The summed E-state index contributed by atoms with van der Waals surface area (Å²) in [5, 5.41) is -0.534. The Balaban J connectivity index is 2.77. The molecule has 0 bridgehead atoms. The van der Waals surface area contributed by atoms with E-state index in [9.17, 15) is 9.59 Å². The zero-order valence-corrected chi connectivity index (χ0v) is 43.9. The third-order valence-electron chi connectivity index (χ3n) is 12.3. The van der Waals surface area contributed by atoms with Crippen LogP contribution in [0.25, 0.3) is 0 Å². The molecule has 1 aliphatic heterocycles. The molecule has 0 saturated carbocycles. The van der Waals surface area contributed by atoms with Crippen molar-refractivity contribution in [3.63, 3.8) is 0 Å². The normalized spacial score (nSPS) is 21.2. The summed E-state index contributed by atoms with van der Waals surface area (Å²) in [7, 11) is -5.54. The Morgan fingerprint density at radius 3 is 1.74 bits per heavy atom. The van der Waals surface area contributed by atoms with E-state index in [0.717, 1.165) is 0 Å². The molecule has 1 heterocycles. The van der Waals surface area contributed by atoms with Gasteiger partial charge in [0.1, 0.15) is 23.7 Å². The number of thioether (sulfide) groups is 1. The molecule has 0 N–H and O–H groups in total. The van der Waals surface area contributed by atoms with Crippen LogP contribution in [-0.4, -0.2) is 90.6 Å². The molecule has 9 nitrogen and oxygen atoms in total. The Kier molecular flexibility index (Phi) is 17.6. The molecular weight excluding hydrogens is 809 g/mol. The second-order valence-corrected chi connectivity index (χ2v) is 37.2. The quantitative estimate of drug-likeness (QED) is 0.0522. The second-order valence-electron chi connectivity index (χ2n) is 21.1. The number of hydrogen-bond donors (Lipinski definition) is 0. The molecule has 57 heavy (non-hydrogen) atoms. The molecule has 1 aliphatic rings. The van der Waals surface area contributed by atoms with E-state index in [-0.39, 0.29) is 44.4 Å². The van der Waals surface area contributed by atoms with Crippen LogP contribution in [0, 0.1) is 5.41 Å². The predicted molar refractivity (Wildman–Crippen MR) is 248 cm³/mol. The molecule has 6 atom stereocenters. The van der Waals surface area contributed by atoms with Crippen molar-refractivity contribution in [2.45, 2.75) is 200 Å². The molecule has 1 saturated heterocycles. The highest BCUT2D eigenvalue weighted by molar-refractivity contribution is 8.23. The summed E-state index contributed by atoms with van der Waals surface area (Å²) in [6.07, 6.45) is -1.63. The summed E-state index contributed by atoms with van der Waals surface area (Å²) in [5.74, 6) is 0.136. The molecule has 2 rings (SSSR count). The molecule has 0 amide bonds. The smallest absolute Gasteiger partial charge is 0.316 e. The molecule has 328 valence electrons. The van der Waals surface area contributed by atoms with Crippen molar-refractivity contribution in [1.29, 1.82) is 0 Å². The number of esters is 1. The van der Waals surface area contributed by atoms with Gasteiger partial charge in [-0.3, -0.25) is 9.59 Å². The third-order valence-corrected chi connectivity index (χ3v) is 27.4. The number of ether oxygens (including phenoxy) is 4. The van der Waals surface area contributed by atoms with Crippen LogP contribution >= 0.6 is 24.0 Å². The van der Waals surface area contributed by atoms with Crippen LogP contribution < -0.4 is 9.47 Å². The van der Waals surface area contributed by atoms with Crippen molar-refractivity contribution in [2.75, 3.05) is 13.7 Å². The third kappa shape index (κ3) is 13.7. The van der Waals surface area contributed by atoms with Crippen LogP contribution in [0.1, 0.15) is 120 Å². The van der Waals surface area contributed by atoms with E-state index in [1.54, 1.807) is 39.0 Å².